The van der Waals surface area contributed by atoms with Crippen molar-refractivity contribution in [3.63, 3.8) is 0 Å². The molecule has 2 aromatic rings. The van der Waals surface area contributed by atoms with Gasteiger partial charge in [0.15, 0.2) is 5.82 Å². The third kappa shape index (κ3) is 1.78. The first-order chi connectivity index (χ1) is 6.79. The van der Waals surface area contributed by atoms with Gasteiger partial charge in [-0.05, 0) is 34.2 Å². The van der Waals surface area contributed by atoms with E-state index in [9.17, 15) is 0 Å². The Morgan fingerprint density at radius 3 is 2.79 bits per heavy atom. The molecule has 0 saturated heterocycles. The molecule has 4 nitrogen and oxygen atoms in total. The SMILES string of the molecule is NC(c1ncon1)c1ccccc1I. The van der Waals surface area contributed by atoms with Gasteiger partial charge in [-0.15, -0.1) is 0 Å². The Bertz CT molecular complexity index is 416. The summed E-state index contributed by atoms with van der Waals surface area (Å²) in [5.41, 5.74) is 6.98. The van der Waals surface area contributed by atoms with Gasteiger partial charge in [0, 0.05) is 3.57 Å². The van der Waals surface area contributed by atoms with Gasteiger partial charge in [-0.2, -0.15) is 4.98 Å². The Balaban J connectivity index is 2.37. The van der Waals surface area contributed by atoms with Gasteiger partial charge in [-0.25, -0.2) is 0 Å². The molecule has 1 atom stereocenters. The van der Waals surface area contributed by atoms with Gasteiger partial charge in [0.25, 0.3) is 0 Å². The van der Waals surface area contributed by atoms with Gasteiger partial charge >= 0.3 is 0 Å². The van der Waals surface area contributed by atoms with Crippen LogP contribution >= 0.6 is 22.6 Å². The lowest BCUT2D eigenvalue weighted by Crippen LogP contribution is -2.14. The third-order valence-corrected chi connectivity index (χ3v) is 2.88. The Morgan fingerprint density at radius 2 is 2.14 bits per heavy atom. The smallest absolute Gasteiger partial charge is 0.213 e. The van der Waals surface area contributed by atoms with E-state index >= 15 is 0 Å². The molecule has 0 aliphatic carbocycles. The van der Waals surface area contributed by atoms with Gasteiger partial charge in [-0.3, -0.25) is 0 Å². The van der Waals surface area contributed by atoms with Crippen LogP contribution in [-0.2, 0) is 0 Å². The molecular weight excluding hydrogens is 293 g/mol. The average molecular weight is 301 g/mol. The number of benzene rings is 1. The maximum atomic E-state index is 5.97. The average Bonchev–Trinajstić information content (AvgIpc) is 2.70. The summed E-state index contributed by atoms with van der Waals surface area (Å²) in [4.78, 5) is 3.93. The van der Waals surface area contributed by atoms with Crippen LogP contribution in [0.4, 0.5) is 0 Å². The van der Waals surface area contributed by atoms with Gasteiger partial charge in [0.1, 0.15) is 0 Å². The van der Waals surface area contributed by atoms with E-state index in [1.54, 1.807) is 0 Å². The van der Waals surface area contributed by atoms with Crippen LogP contribution in [0.15, 0.2) is 35.2 Å². The van der Waals surface area contributed by atoms with Crippen molar-refractivity contribution < 1.29 is 4.52 Å². The molecule has 0 aliphatic heterocycles. The zero-order valence-electron chi connectivity index (χ0n) is 7.22. The molecule has 2 N–H and O–H groups in total. The molecule has 0 bridgehead atoms. The summed E-state index contributed by atoms with van der Waals surface area (Å²) >= 11 is 2.23. The van der Waals surface area contributed by atoms with Gasteiger partial charge in [0.2, 0.25) is 6.39 Å². The fourth-order valence-electron chi connectivity index (χ4n) is 1.18. The fourth-order valence-corrected chi connectivity index (χ4v) is 1.91. The lowest BCUT2D eigenvalue weighted by molar-refractivity contribution is 0.407. The topological polar surface area (TPSA) is 64.9 Å². The van der Waals surface area contributed by atoms with E-state index in [0.717, 1.165) is 9.13 Å². The fraction of sp³-hybridized carbons (Fsp3) is 0.111. The number of aromatic nitrogens is 2. The quantitative estimate of drug-likeness (QED) is 0.858. The number of nitrogens with zero attached hydrogens (tertiary/aromatic N) is 2. The first-order valence-corrected chi connectivity index (χ1v) is 5.13. The summed E-state index contributed by atoms with van der Waals surface area (Å²) in [6, 6.07) is 7.55. The minimum atomic E-state index is -0.318. The molecule has 1 aromatic carbocycles. The van der Waals surface area contributed by atoms with E-state index in [-0.39, 0.29) is 6.04 Å². The number of halogens is 1. The zero-order chi connectivity index (χ0) is 9.97. The van der Waals surface area contributed by atoms with Crippen molar-refractivity contribution in [2.75, 3.05) is 0 Å². The molecular formula is C9H8IN3O. The third-order valence-electron chi connectivity index (χ3n) is 1.90. The lowest BCUT2D eigenvalue weighted by Gasteiger charge is -2.08. The lowest BCUT2D eigenvalue weighted by atomic mass is 10.1. The van der Waals surface area contributed by atoms with Crippen molar-refractivity contribution >= 4 is 22.6 Å². The van der Waals surface area contributed by atoms with Crippen LogP contribution in [0.2, 0.25) is 0 Å². The van der Waals surface area contributed by atoms with E-state index in [2.05, 4.69) is 37.3 Å². The number of hydrogen-bond donors (Lipinski definition) is 1. The molecule has 1 unspecified atom stereocenters. The van der Waals surface area contributed by atoms with Crippen LogP contribution in [0.1, 0.15) is 17.4 Å². The van der Waals surface area contributed by atoms with Crippen molar-refractivity contribution in [3.8, 4) is 0 Å². The van der Waals surface area contributed by atoms with Crippen LogP contribution in [0.5, 0.6) is 0 Å². The van der Waals surface area contributed by atoms with Gasteiger partial charge < -0.3 is 10.3 Å². The number of rotatable bonds is 2. The molecule has 0 aliphatic rings. The summed E-state index contributed by atoms with van der Waals surface area (Å²) in [5, 5.41) is 3.72. The molecule has 0 saturated carbocycles. The monoisotopic (exact) mass is 301 g/mol. The Morgan fingerprint density at radius 1 is 1.36 bits per heavy atom. The second-order valence-electron chi connectivity index (χ2n) is 2.79. The van der Waals surface area contributed by atoms with Crippen molar-refractivity contribution in [2.24, 2.45) is 5.73 Å². The molecule has 0 radical (unpaired) electrons. The van der Waals surface area contributed by atoms with Gasteiger partial charge in [-0.1, -0.05) is 23.4 Å². The first-order valence-electron chi connectivity index (χ1n) is 4.05. The molecule has 0 amide bonds. The van der Waals surface area contributed by atoms with Crippen LogP contribution in [0.25, 0.3) is 0 Å². The van der Waals surface area contributed by atoms with E-state index < -0.39 is 0 Å². The molecule has 14 heavy (non-hydrogen) atoms. The zero-order valence-corrected chi connectivity index (χ0v) is 9.38. The maximum Gasteiger partial charge on any atom is 0.213 e. The highest BCUT2D eigenvalue weighted by atomic mass is 127. The molecule has 5 heteroatoms. The van der Waals surface area contributed by atoms with E-state index in [4.69, 9.17) is 5.73 Å². The van der Waals surface area contributed by atoms with E-state index in [0.29, 0.717) is 5.82 Å². The van der Waals surface area contributed by atoms with Crippen LogP contribution in [0, 0.1) is 3.57 Å². The summed E-state index contributed by atoms with van der Waals surface area (Å²) in [7, 11) is 0. The van der Waals surface area contributed by atoms with Gasteiger partial charge in [0.05, 0.1) is 6.04 Å². The molecule has 0 fully saturated rings. The minimum Gasteiger partial charge on any atom is -0.343 e. The Labute approximate surface area is 94.6 Å². The number of hydrogen-bond acceptors (Lipinski definition) is 4. The summed E-state index contributed by atoms with van der Waals surface area (Å²) in [6.07, 6.45) is 1.28. The molecule has 0 spiro atoms. The standard InChI is InChI=1S/C9H8IN3O/c10-7-4-2-1-3-6(7)8(11)9-12-5-14-13-9/h1-5,8H,11H2. The van der Waals surface area contributed by atoms with Crippen molar-refractivity contribution in [2.45, 2.75) is 6.04 Å². The first kappa shape index (κ1) is 9.60. The molecule has 72 valence electrons. The van der Waals surface area contributed by atoms with Crippen molar-refractivity contribution in [1.82, 2.24) is 10.1 Å². The highest BCUT2D eigenvalue weighted by Gasteiger charge is 2.15. The van der Waals surface area contributed by atoms with Crippen molar-refractivity contribution in [1.29, 1.82) is 0 Å². The minimum absolute atomic E-state index is 0.318. The summed E-state index contributed by atoms with van der Waals surface area (Å²) in [5.74, 6) is 0.508. The maximum absolute atomic E-state index is 5.97. The predicted molar refractivity (Wildman–Crippen MR) is 59.5 cm³/mol. The van der Waals surface area contributed by atoms with E-state index in [1.807, 2.05) is 24.3 Å². The van der Waals surface area contributed by atoms with Crippen molar-refractivity contribution in [3.05, 3.63) is 45.6 Å². The molecule has 1 heterocycles. The largest absolute Gasteiger partial charge is 0.343 e. The number of nitrogens with two attached hydrogens (primary N) is 1. The highest BCUT2D eigenvalue weighted by Crippen LogP contribution is 2.21. The van der Waals surface area contributed by atoms with Crippen LogP contribution in [-0.4, -0.2) is 10.1 Å². The summed E-state index contributed by atoms with van der Waals surface area (Å²) in [6.45, 7) is 0. The van der Waals surface area contributed by atoms with Crippen LogP contribution < -0.4 is 5.73 Å². The van der Waals surface area contributed by atoms with Crippen LogP contribution in [0.3, 0.4) is 0 Å². The predicted octanol–water partition coefficient (Wildman–Crippen LogP) is 1.72. The molecule has 1 aromatic heterocycles. The molecule has 2 rings (SSSR count). The Kier molecular flexibility index (Phi) is 2.78. The second-order valence-corrected chi connectivity index (χ2v) is 3.95. The normalized spacial score (nSPS) is 12.7. The van der Waals surface area contributed by atoms with E-state index in [1.165, 1.54) is 6.39 Å². The highest BCUT2D eigenvalue weighted by molar-refractivity contribution is 14.1. The second kappa shape index (κ2) is 4.05. The summed E-state index contributed by atoms with van der Waals surface area (Å²) < 4.78 is 5.75. The Hall–Kier alpha value is -0.950.